The number of halogens is 3. The molecule has 0 unspecified atom stereocenters. The number of hydrogen-bond acceptors (Lipinski definition) is 4. The summed E-state index contributed by atoms with van der Waals surface area (Å²) in [6, 6.07) is 14.1. The van der Waals surface area contributed by atoms with Crippen LogP contribution in [0.3, 0.4) is 0 Å². The summed E-state index contributed by atoms with van der Waals surface area (Å²) in [5.41, 5.74) is 1.85. The third-order valence-corrected chi connectivity index (χ3v) is 6.24. The van der Waals surface area contributed by atoms with Gasteiger partial charge < -0.3 is 20.3 Å². The lowest BCUT2D eigenvalue weighted by Crippen LogP contribution is -2.42. The lowest BCUT2D eigenvalue weighted by atomic mass is 9.76. The van der Waals surface area contributed by atoms with E-state index >= 15 is 0 Å². The van der Waals surface area contributed by atoms with Gasteiger partial charge in [0.1, 0.15) is 0 Å². The van der Waals surface area contributed by atoms with Crippen molar-refractivity contribution in [3.05, 3.63) is 65.2 Å². The van der Waals surface area contributed by atoms with Gasteiger partial charge in [0.05, 0.1) is 23.8 Å². The normalized spacial score (nSPS) is 25.6. The van der Waals surface area contributed by atoms with Gasteiger partial charge >= 0.3 is 6.18 Å². The van der Waals surface area contributed by atoms with E-state index in [4.69, 9.17) is 4.74 Å². The van der Waals surface area contributed by atoms with Crippen molar-refractivity contribution in [2.24, 2.45) is 5.92 Å². The van der Waals surface area contributed by atoms with Gasteiger partial charge in [-0.05, 0) is 50.7 Å². The van der Waals surface area contributed by atoms with Crippen molar-refractivity contribution in [2.75, 3.05) is 39.0 Å². The average molecular weight is 434 g/mol. The highest BCUT2D eigenvalue weighted by molar-refractivity contribution is 5.58. The SMILES string of the molecule is CN(C)CCNC[C@H]1CC[C@@H]2[C@H](O1)c1cc(C(F)(F)F)ccc1N[C@H]2c1ccccc1. The predicted molar refractivity (Wildman–Crippen MR) is 116 cm³/mol. The number of hydrogen-bond donors (Lipinski definition) is 2. The Kier molecular flexibility index (Phi) is 6.55. The molecule has 0 bridgehead atoms. The van der Waals surface area contributed by atoms with Crippen LogP contribution in [-0.2, 0) is 10.9 Å². The van der Waals surface area contributed by atoms with E-state index in [9.17, 15) is 13.2 Å². The van der Waals surface area contributed by atoms with E-state index in [0.29, 0.717) is 12.1 Å². The Hall–Kier alpha value is -2.09. The summed E-state index contributed by atoms with van der Waals surface area (Å²) in [7, 11) is 4.05. The molecule has 1 saturated heterocycles. The first-order chi connectivity index (χ1) is 14.8. The van der Waals surface area contributed by atoms with Crippen LogP contribution in [0.5, 0.6) is 0 Å². The molecule has 2 aromatic carbocycles. The highest BCUT2D eigenvalue weighted by Crippen LogP contribution is 2.51. The number of alkyl halides is 3. The minimum atomic E-state index is -4.37. The number of rotatable bonds is 6. The molecular weight excluding hydrogens is 403 g/mol. The number of nitrogens with one attached hydrogen (secondary N) is 2. The summed E-state index contributed by atoms with van der Waals surface area (Å²) in [4.78, 5) is 2.11. The Balaban J connectivity index is 1.59. The molecule has 0 radical (unpaired) electrons. The van der Waals surface area contributed by atoms with Crippen molar-refractivity contribution in [1.29, 1.82) is 0 Å². The molecule has 2 aliphatic heterocycles. The van der Waals surface area contributed by atoms with E-state index in [-0.39, 0.29) is 24.2 Å². The quantitative estimate of drug-likeness (QED) is 0.638. The van der Waals surface area contributed by atoms with Gasteiger partial charge in [0.25, 0.3) is 0 Å². The van der Waals surface area contributed by atoms with Crippen molar-refractivity contribution in [1.82, 2.24) is 10.2 Å². The Morgan fingerprint density at radius 2 is 1.87 bits per heavy atom. The standard InChI is InChI=1S/C24H30F3N3O/c1-30(2)13-12-28-15-18-9-10-19-22(16-6-4-3-5-7-16)29-21-11-8-17(24(25,26)27)14-20(21)23(19)31-18/h3-8,11,14,18-19,22-23,28-29H,9-10,12-13,15H2,1-2H3/t18-,19+,22+,23+/m1/s1. The number of fused-ring (bicyclic) bond motifs is 3. The van der Waals surface area contributed by atoms with Crippen LogP contribution in [0.1, 0.15) is 41.7 Å². The first kappa shape index (κ1) is 22.1. The van der Waals surface area contributed by atoms with Crippen LogP contribution >= 0.6 is 0 Å². The fraction of sp³-hybridized carbons (Fsp3) is 0.500. The largest absolute Gasteiger partial charge is 0.416 e. The van der Waals surface area contributed by atoms with Gasteiger partial charge in [-0.15, -0.1) is 0 Å². The summed E-state index contributed by atoms with van der Waals surface area (Å²) >= 11 is 0. The Morgan fingerprint density at radius 3 is 2.58 bits per heavy atom. The van der Waals surface area contributed by atoms with E-state index in [1.54, 1.807) is 6.07 Å². The van der Waals surface area contributed by atoms with Crippen LogP contribution in [0, 0.1) is 5.92 Å². The maximum absolute atomic E-state index is 13.4. The molecule has 0 amide bonds. The molecule has 1 fully saturated rings. The van der Waals surface area contributed by atoms with Gasteiger partial charge in [-0.2, -0.15) is 13.2 Å². The summed E-state index contributed by atoms with van der Waals surface area (Å²) in [6.45, 7) is 2.48. The zero-order chi connectivity index (χ0) is 22.0. The van der Waals surface area contributed by atoms with Gasteiger partial charge in [0.2, 0.25) is 0 Å². The topological polar surface area (TPSA) is 36.5 Å². The van der Waals surface area contributed by atoms with Crippen LogP contribution in [0.15, 0.2) is 48.5 Å². The fourth-order valence-electron chi connectivity index (χ4n) is 4.64. The number of likely N-dealkylation sites (N-methyl/N-ethyl adjacent to an activating group) is 1. The second-order valence-electron chi connectivity index (χ2n) is 8.76. The molecule has 4 atom stereocenters. The number of nitrogens with zero attached hydrogens (tertiary/aromatic N) is 1. The lowest BCUT2D eigenvalue weighted by molar-refractivity contribution is -0.138. The lowest BCUT2D eigenvalue weighted by Gasteiger charge is -2.46. The van der Waals surface area contributed by atoms with Crippen molar-refractivity contribution in [3.8, 4) is 0 Å². The maximum Gasteiger partial charge on any atom is 0.416 e. The van der Waals surface area contributed by atoms with Crippen LogP contribution < -0.4 is 10.6 Å². The molecule has 7 heteroatoms. The average Bonchev–Trinajstić information content (AvgIpc) is 2.75. The van der Waals surface area contributed by atoms with E-state index < -0.39 is 11.7 Å². The van der Waals surface area contributed by atoms with E-state index in [1.807, 2.05) is 32.3 Å². The molecule has 2 heterocycles. The molecule has 2 aliphatic rings. The smallest absolute Gasteiger partial charge is 0.378 e. The van der Waals surface area contributed by atoms with Crippen molar-refractivity contribution >= 4 is 5.69 Å². The maximum atomic E-state index is 13.4. The minimum Gasteiger partial charge on any atom is -0.378 e. The van der Waals surface area contributed by atoms with Gasteiger partial charge in [-0.3, -0.25) is 0 Å². The molecular formula is C24H30F3N3O. The van der Waals surface area contributed by atoms with Gasteiger partial charge in [-0.1, -0.05) is 30.3 Å². The predicted octanol–water partition coefficient (Wildman–Crippen LogP) is 4.86. The zero-order valence-corrected chi connectivity index (χ0v) is 18.0. The molecule has 31 heavy (non-hydrogen) atoms. The highest BCUT2D eigenvalue weighted by atomic mass is 19.4. The van der Waals surface area contributed by atoms with Gasteiger partial charge in [0, 0.05) is 36.8 Å². The summed E-state index contributed by atoms with van der Waals surface area (Å²) in [6.07, 6.45) is -2.97. The third kappa shape index (κ3) is 5.05. The first-order valence-electron chi connectivity index (χ1n) is 10.9. The van der Waals surface area contributed by atoms with Crippen LogP contribution in [0.25, 0.3) is 0 Å². The second-order valence-corrected chi connectivity index (χ2v) is 8.76. The molecule has 0 saturated carbocycles. The highest BCUT2D eigenvalue weighted by Gasteiger charge is 2.43. The molecule has 4 rings (SSSR count). The molecule has 0 aliphatic carbocycles. The number of anilines is 1. The minimum absolute atomic E-state index is 0.0121. The fourth-order valence-corrected chi connectivity index (χ4v) is 4.64. The monoisotopic (exact) mass is 433 g/mol. The van der Waals surface area contributed by atoms with E-state index in [1.165, 1.54) is 6.07 Å². The first-order valence-corrected chi connectivity index (χ1v) is 10.9. The molecule has 168 valence electrons. The van der Waals surface area contributed by atoms with Gasteiger partial charge in [-0.25, -0.2) is 0 Å². The van der Waals surface area contributed by atoms with E-state index in [0.717, 1.165) is 43.2 Å². The van der Waals surface area contributed by atoms with Crippen LogP contribution in [0.4, 0.5) is 18.9 Å². The number of benzene rings is 2. The second kappa shape index (κ2) is 9.18. The summed E-state index contributed by atoms with van der Waals surface area (Å²) in [5, 5.41) is 6.92. The number of ether oxygens (including phenoxy) is 1. The molecule has 0 aromatic heterocycles. The Morgan fingerprint density at radius 1 is 1.10 bits per heavy atom. The molecule has 4 nitrogen and oxygen atoms in total. The van der Waals surface area contributed by atoms with Crippen LogP contribution in [0.2, 0.25) is 0 Å². The summed E-state index contributed by atoms with van der Waals surface area (Å²) in [5.74, 6) is 0.0800. The van der Waals surface area contributed by atoms with E-state index in [2.05, 4.69) is 27.7 Å². The van der Waals surface area contributed by atoms with Crippen molar-refractivity contribution in [2.45, 2.75) is 37.3 Å². The molecule has 2 aromatic rings. The zero-order valence-electron chi connectivity index (χ0n) is 18.0. The third-order valence-electron chi connectivity index (χ3n) is 6.24. The Bertz CT molecular complexity index is 872. The Labute approximate surface area is 181 Å². The van der Waals surface area contributed by atoms with Crippen LogP contribution in [-0.4, -0.2) is 44.7 Å². The van der Waals surface area contributed by atoms with Crippen molar-refractivity contribution in [3.63, 3.8) is 0 Å². The molecule has 2 N–H and O–H groups in total. The van der Waals surface area contributed by atoms with Gasteiger partial charge in [0.15, 0.2) is 0 Å². The van der Waals surface area contributed by atoms with Crippen molar-refractivity contribution < 1.29 is 17.9 Å². The molecule has 0 spiro atoms. The summed E-state index contributed by atoms with van der Waals surface area (Å²) < 4.78 is 46.6.